The molecule has 0 bridgehead atoms. The highest BCUT2D eigenvalue weighted by molar-refractivity contribution is 14.1. The van der Waals surface area contributed by atoms with Gasteiger partial charge in [0.25, 0.3) is 0 Å². The van der Waals surface area contributed by atoms with Gasteiger partial charge in [0.2, 0.25) is 0 Å². The molecule has 7 heteroatoms. The molecule has 0 amide bonds. The van der Waals surface area contributed by atoms with Crippen LogP contribution in [0.2, 0.25) is 0 Å². The SMILES string of the molecule is CNc1ncc(I)c(COC(=O)COc2ccccc2)c1C=O. The number of nitrogens with zero attached hydrogens (tertiary/aromatic N) is 1. The number of halogens is 1. The Balaban J connectivity index is 1.97. The van der Waals surface area contributed by atoms with Gasteiger partial charge in [-0.25, -0.2) is 9.78 Å². The van der Waals surface area contributed by atoms with Crippen LogP contribution in [0.4, 0.5) is 5.82 Å². The van der Waals surface area contributed by atoms with E-state index >= 15 is 0 Å². The lowest BCUT2D eigenvalue weighted by atomic mass is 10.1. The topological polar surface area (TPSA) is 77.5 Å². The van der Waals surface area contributed by atoms with E-state index in [4.69, 9.17) is 9.47 Å². The monoisotopic (exact) mass is 426 g/mol. The average Bonchev–Trinajstić information content (AvgIpc) is 2.59. The van der Waals surface area contributed by atoms with Gasteiger partial charge in [-0.15, -0.1) is 0 Å². The second-order valence-corrected chi connectivity index (χ2v) is 5.64. The first kappa shape index (κ1) is 17.2. The summed E-state index contributed by atoms with van der Waals surface area (Å²) in [7, 11) is 1.67. The predicted molar refractivity (Wildman–Crippen MR) is 93.6 cm³/mol. The van der Waals surface area contributed by atoms with Crippen LogP contribution in [0, 0.1) is 3.57 Å². The van der Waals surface area contributed by atoms with Crippen molar-refractivity contribution in [1.29, 1.82) is 0 Å². The van der Waals surface area contributed by atoms with Crippen LogP contribution in [-0.4, -0.2) is 30.9 Å². The summed E-state index contributed by atoms with van der Waals surface area (Å²) in [5.74, 6) is 0.533. The summed E-state index contributed by atoms with van der Waals surface area (Å²) in [6.07, 6.45) is 2.31. The molecule has 1 heterocycles. The van der Waals surface area contributed by atoms with Gasteiger partial charge in [-0.1, -0.05) is 18.2 Å². The van der Waals surface area contributed by atoms with Gasteiger partial charge in [0.15, 0.2) is 12.9 Å². The van der Waals surface area contributed by atoms with Crippen molar-refractivity contribution in [2.24, 2.45) is 0 Å². The Hall–Kier alpha value is -2.16. The molecule has 0 aliphatic heterocycles. The van der Waals surface area contributed by atoms with Crippen LogP contribution in [0.25, 0.3) is 0 Å². The summed E-state index contributed by atoms with van der Waals surface area (Å²) in [5, 5.41) is 2.84. The minimum Gasteiger partial charge on any atom is -0.482 e. The highest BCUT2D eigenvalue weighted by Crippen LogP contribution is 2.21. The number of hydrogen-bond acceptors (Lipinski definition) is 6. The van der Waals surface area contributed by atoms with E-state index in [1.54, 1.807) is 25.4 Å². The number of pyridine rings is 1. The van der Waals surface area contributed by atoms with E-state index in [2.05, 4.69) is 10.3 Å². The van der Waals surface area contributed by atoms with Crippen LogP contribution < -0.4 is 10.1 Å². The zero-order valence-electron chi connectivity index (χ0n) is 12.4. The zero-order valence-corrected chi connectivity index (χ0v) is 14.6. The number of para-hydroxylation sites is 1. The first-order chi connectivity index (χ1) is 11.2. The van der Waals surface area contributed by atoms with Crippen molar-refractivity contribution in [3.63, 3.8) is 0 Å². The maximum absolute atomic E-state index is 11.8. The largest absolute Gasteiger partial charge is 0.482 e. The molecule has 1 aromatic heterocycles. The summed E-state index contributed by atoms with van der Waals surface area (Å²) in [6.45, 7) is -0.207. The van der Waals surface area contributed by atoms with E-state index in [9.17, 15) is 9.59 Å². The van der Waals surface area contributed by atoms with Crippen molar-refractivity contribution in [2.45, 2.75) is 6.61 Å². The third-order valence-corrected chi connectivity index (χ3v) is 3.94. The van der Waals surface area contributed by atoms with Crippen LogP contribution in [0.1, 0.15) is 15.9 Å². The Labute approximate surface area is 147 Å². The number of hydrogen-bond donors (Lipinski definition) is 1. The summed E-state index contributed by atoms with van der Waals surface area (Å²) in [5.41, 5.74) is 1.00. The number of aldehydes is 1. The molecule has 6 nitrogen and oxygen atoms in total. The summed E-state index contributed by atoms with van der Waals surface area (Å²) in [6, 6.07) is 8.99. The van der Waals surface area contributed by atoms with Crippen LogP contribution in [0.15, 0.2) is 36.5 Å². The number of carbonyl (C=O) groups excluding carboxylic acids is 2. The van der Waals surface area contributed by atoms with Gasteiger partial charge in [0.05, 0.1) is 5.56 Å². The van der Waals surface area contributed by atoms with Gasteiger partial charge in [-0.3, -0.25) is 4.79 Å². The predicted octanol–water partition coefficient (Wildman–Crippen LogP) is 2.66. The molecule has 1 aromatic carbocycles. The van der Waals surface area contributed by atoms with Gasteiger partial charge in [-0.2, -0.15) is 0 Å². The van der Waals surface area contributed by atoms with Crippen molar-refractivity contribution in [1.82, 2.24) is 4.98 Å². The first-order valence-electron chi connectivity index (χ1n) is 6.79. The first-order valence-corrected chi connectivity index (χ1v) is 7.87. The molecule has 2 aromatic rings. The minimum atomic E-state index is -0.510. The number of esters is 1. The van der Waals surface area contributed by atoms with Gasteiger partial charge in [-0.05, 0) is 34.7 Å². The van der Waals surface area contributed by atoms with E-state index < -0.39 is 5.97 Å². The molecule has 0 spiro atoms. The summed E-state index contributed by atoms with van der Waals surface area (Å²) in [4.78, 5) is 27.2. The minimum absolute atomic E-state index is 0.0134. The number of benzene rings is 1. The number of rotatable bonds is 7. The van der Waals surface area contributed by atoms with E-state index in [0.717, 1.165) is 3.57 Å². The summed E-state index contributed by atoms with van der Waals surface area (Å²) >= 11 is 2.05. The molecule has 0 aliphatic carbocycles. The zero-order chi connectivity index (χ0) is 16.7. The van der Waals surface area contributed by atoms with Crippen molar-refractivity contribution in [3.8, 4) is 5.75 Å². The molecule has 1 N–H and O–H groups in total. The third-order valence-electron chi connectivity index (χ3n) is 3.01. The van der Waals surface area contributed by atoms with Crippen molar-refractivity contribution >= 4 is 40.7 Å². The normalized spacial score (nSPS) is 10.0. The lowest BCUT2D eigenvalue weighted by molar-refractivity contribution is -0.147. The number of anilines is 1. The lowest BCUT2D eigenvalue weighted by Crippen LogP contribution is -2.16. The van der Waals surface area contributed by atoms with Crippen LogP contribution in [0.5, 0.6) is 5.75 Å². The van der Waals surface area contributed by atoms with Gasteiger partial charge >= 0.3 is 5.97 Å². The number of aromatic nitrogens is 1. The maximum atomic E-state index is 11.8. The fourth-order valence-corrected chi connectivity index (χ4v) is 2.45. The molecule has 120 valence electrons. The Morgan fingerprint density at radius 3 is 2.74 bits per heavy atom. The summed E-state index contributed by atoms with van der Waals surface area (Å²) < 4.78 is 11.3. The number of ether oxygens (including phenoxy) is 2. The molecule has 0 atom stereocenters. The highest BCUT2D eigenvalue weighted by atomic mass is 127. The Bertz CT molecular complexity index is 692. The van der Waals surface area contributed by atoms with Crippen molar-refractivity contribution in [3.05, 3.63) is 51.2 Å². The standard InChI is InChI=1S/C16H15IN2O4/c1-18-16-12(8-20)13(14(17)7-19-16)9-23-15(21)10-22-11-5-3-2-4-6-11/h2-8H,9-10H2,1H3,(H,18,19). The van der Waals surface area contributed by atoms with Crippen molar-refractivity contribution in [2.75, 3.05) is 19.0 Å². The Morgan fingerprint density at radius 2 is 2.09 bits per heavy atom. The second kappa shape index (κ2) is 8.47. The average molecular weight is 426 g/mol. The molecule has 0 saturated carbocycles. The Morgan fingerprint density at radius 1 is 1.35 bits per heavy atom. The molecule has 0 aliphatic rings. The van der Waals surface area contributed by atoms with E-state index in [1.165, 1.54) is 0 Å². The molecule has 0 saturated heterocycles. The number of nitrogens with one attached hydrogen (secondary N) is 1. The molecule has 0 unspecified atom stereocenters. The lowest BCUT2D eigenvalue weighted by Gasteiger charge is -2.12. The van der Waals surface area contributed by atoms with E-state index in [1.807, 2.05) is 40.8 Å². The number of carbonyl (C=O) groups is 2. The fourth-order valence-electron chi connectivity index (χ4n) is 1.87. The molecule has 0 radical (unpaired) electrons. The van der Waals surface area contributed by atoms with E-state index in [-0.39, 0.29) is 13.2 Å². The van der Waals surface area contributed by atoms with Crippen LogP contribution >= 0.6 is 22.6 Å². The Kier molecular flexibility index (Phi) is 6.33. The molecular weight excluding hydrogens is 411 g/mol. The fraction of sp³-hybridized carbons (Fsp3) is 0.188. The smallest absolute Gasteiger partial charge is 0.344 e. The molecule has 2 rings (SSSR count). The second-order valence-electron chi connectivity index (χ2n) is 4.48. The van der Waals surface area contributed by atoms with Crippen LogP contribution in [0.3, 0.4) is 0 Å². The molecule has 0 fully saturated rings. The quantitative estimate of drug-likeness (QED) is 0.417. The van der Waals surface area contributed by atoms with Crippen LogP contribution in [-0.2, 0) is 16.1 Å². The van der Waals surface area contributed by atoms with E-state index in [0.29, 0.717) is 29.0 Å². The van der Waals surface area contributed by atoms with Crippen molar-refractivity contribution < 1.29 is 19.1 Å². The molecular formula is C16H15IN2O4. The molecule has 23 heavy (non-hydrogen) atoms. The van der Waals surface area contributed by atoms with Gasteiger partial charge in [0, 0.05) is 22.4 Å². The maximum Gasteiger partial charge on any atom is 0.344 e. The van der Waals surface area contributed by atoms with Gasteiger partial charge < -0.3 is 14.8 Å². The highest BCUT2D eigenvalue weighted by Gasteiger charge is 2.14. The third kappa shape index (κ3) is 4.65. The van der Waals surface area contributed by atoms with Gasteiger partial charge in [0.1, 0.15) is 18.2 Å².